The molecule has 0 amide bonds. The van der Waals surface area contributed by atoms with Crippen molar-refractivity contribution in [3.05, 3.63) is 39.6 Å². The molecule has 0 aliphatic rings. The Labute approximate surface area is 103 Å². The molecular weight excluding hydrogens is 299 g/mol. The van der Waals surface area contributed by atoms with Crippen LogP contribution in [0.2, 0.25) is 0 Å². The second-order valence-corrected chi connectivity index (χ2v) is 5.65. The smallest absolute Gasteiger partial charge is 0.174 e. The lowest BCUT2D eigenvalue weighted by atomic mass is 10.2. The van der Waals surface area contributed by atoms with Gasteiger partial charge in [0.15, 0.2) is 4.34 Å². The van der Waals surface area contributed by atoms with Gasteiger partial charge >= 0.3 is 0 Å². The largest absolute Gasteiger partial charge is 0.206 e. The standard InChI is InChI=1S/C9H6BrFN2S2/c10-7-3-6(1-2-8(7)11)4-14-9-13-12-5-15-9/h1-3,5H,4H2. The highest BCUT2D eigenvalue weighted by Crippen LogP contribution is 2.25. The van der Waals surface area contributed by atoms with Gasteiger partial charge in [-0.2, -0.15) is 0 Å². The van der Waals surface area contributed by atoms with Gasteiger partial charge in [-0.05, 0) is 33.6 Å². The molecule has 2 nitrogen and oxygen atoms in total. The Morgan fingerprint density at radius 1 is 1.47 bits per heavy atom. The molecular formula is C9H6BrFN2S2. The molecule has 2 rings (SSSR count). The zero-order valence-corrected chi connectivity index (χ0v) is 10.7. The molecule has 0 aliphatic heterocycles. The fraction of sp³-hybridized carbons (Fsp3) is 0.111. The second kappa shape index (κ2) is 5.05. The Hall–Kier alpha value is -0.460. The third kappa shape index (κ3) is 2.99. The number of benzene rings is 1. The van der Waals surface area contributed by atoms with Crippen LogP contribution in [0.5, 0.6) is 0 Å². The minimum atomic E-state index is -0.236. The van der Waals surface area contributed by atoms with E-state index in [9.17, 15) is 4.39 Å². The molecule has 0 spiro atoms. The molecule has 0 aliphatic carbocycles. The first-order valence-electron chi connectivity index (χ1n) is 4.08. The maximum atomic E-state index is 12.9. The van der Waals surface area contributed by atoms with Crippen LogP contribution in [0.15, 0.2) is 32.5 Å². The fourth-order valence-electron chi connectivity index (χ4n) is 1.00. The summed E-state index contributed by atoms with van der Waals surface area (Å²) in [7, 11) is 0. The number of halogens is 2. The molecule has 0 saturated heterocycles. The first-order chi connectivity index (χ1) is 7.25. The van der Waals surface area contributed by atoms with E-state index in [-0.39, 0.29) is 5.82 Å². The van der Waals surface area contributed by atoms with Gasteiger partial charge in [0.2, 0.25) is 0 Å². The fourth-order valence-corrected chi connectivity index (χ4v) is 2.86. The lowest BCUT2D eigenvalue weighted by Gasteiger charge is -2.00. The van der Waals surface area contributed by atoms with E-state index < -0.39 is 0 Å². The average Bonchev–Trinajstić information content (AvgIpc) is 2.73. The number of aromatic nitrogens is 2. The van der Waals surface area contributed by atoms with Crippen LogP contribution in [0.3, 0.4) is 0 Å². The third-order valence-corrected chi connectivity index (χ3v) is 4.23. The SMILES string of the molecule is Fc1ccc(CSc2nncs2)cc1Br. The summed E-state index contributed by atoms with van der Waals surface area (Å²) in [6.07, 6.45) is 0. The highest BCUT2D eigenvalue weighted by atomic mass is 79.9. The Balaban J connectivity index is 2.02. The maximum absolute atomic E-state index is 12.9. The van der Waals surface area contributed by atoms with Crippen LogP contribution in [-0.4, -0.2) is 10.2 Å². The second-order valence-electron chi connectivity index (χ2n) is 2.74. The summed E-state index contributed by atoms with van der Waals surface area (Å²) >= 11 is 6.26. The average molecular weight is 305 g/mol. The predicted molar refractivity (Wildman–Crippen MR) is 63.6 cm³/mol. The molecule has 0 atom stereocenters. The molecule has 2 aromatic rings. The summed E-state index contributed by atoms with van der Waals surface area (Å²) in [5.74, 6) is 0.535. The van der Waals surface area contributed by atoms with Crippen molar-refractivity contribution in [1.29, 1.82) is 0 Å². The summed E-state index contributed by atoms with van der Waals surface area (Å²) < 4.78 is 14.4. The van der Waals surface area contributed by atoms with Crippen LogP contribution in [0.25, 0.3) is 0 Å². The molecule has 78 valence electrons. The van der Waals surface area contributed by atoms with E-state index >= 15 is 0 Å². The number of hydrogen-bond acceptors (Lipinski definition) is 4. The van der Waals surface area contributed by atoms with Crippen molar-refractivity contribution >= 4 is 39.0 Å². The van der Waals surface area contributed by atoms with E-state index in [4.69, 9.17) is 0 Å². The van der Waals surface area contributed by atoms with Gasteiger partial charge < -0.3 is 0 Å². The van der Waals surface area contributed by atoms with Crippen molar-refractivity contribution in [2.75, 3.05) is 0 Å². The Bertz CT molecular complexity index is 447. The number of hydrogen-bond donors (Lipinski definition) is 0. The van der Waals surface area contributed by atoms with Crippen LogP contribution in [0.4, 0.5) is 4.39 Å². The molecule has 1 heterocycles. The lowest BCUT2D eigenvalue weighted by molar-refractivity contribution is 0.620. The minimum absolute atomic E-state index is 0.236. The Morgan fingerprint density at radius 3 is 3.00 bits per heavy atom. The lowest BCUT2D eigenvalue weighted by Crippen LogP contribution is -1.83. The molecule has 0 bridgehead atoms. The van der Waals surface area contributed by atoms with Crippen molar-refractivity contribution in [3.8, 4) is 0 Å². The summed E-state index contributed by atoms with van der Waals surface area (Å²) in [6, 6.07) is 5.01. The van der Waals surface area contributed by atoms with Gasteiger partial charge in [-0.1, -0.05) is 29.2 Å². The number of nitrogens with zero attached hydrogens (tertiary/aromatic N) is 2. The van der Waals surface area contributed by atoms with Gasteiger partial charge in [-0.15, -0.1) is 10.2 Å². The van der Waals surface area contributed by atoms with E-state index in [0.717, 1.165) is 15.7 Å². The Kier molecular flexibility index (Phi) is 3.71. The molecule has 15 heavy (non-hydrogen) atoms. The molecule has 0 N–H and O–H groups in total. The molecule has 1 aromatic carbocycles. The highest BCUT2D eigenvalue weighted by molar-refractivity contribution is 9.10. The molecule has 1 aromatic heterocycles. The molecule has 0 saturated carbocycles. The monoisotopic (exact) mass is 304 g/mol. The van der Waals surface area contributed by atoms with E-state index in [0.29, 0.717) is 4.47 Å². The zero-order valence-electron chi connectivity index (χ0n) is 7.48. The molecule has 0 radical (unpaired) electrons. The van der Waals surface area contributed by atoms with Gasteiger partial charge in [0.1, 0.15) is 11.3 Å². The molecule has 6 heteroatoms. The Morgan fingerprint density at radius 2 is 2.33 bits per heavy atom. The van der Waals surface area contributed by atoms with Crippen LogP contribution < -0.4 is 0 Å². The summed E-state index contributed by atoms with van der Waals surface area (Å²) in [6.45, 7) is 0. The van der Waals surface area contributed by atoms with Gasteiger partial charge in [-0.3, -0.25) is 0 Å². The van der Waals surface area contributed by atoms with Crippen molar-refractivity contribution in [2.45, 2.75) is 10.1 Å². The van der Waals surface area contributed by atoms with E-state index in [1.54, 1.807) is 29.4 Å². The molecule has 0 unspecified atom stereocenters. The zero-order chi connectivity index (χ0) is 10.7. The van der Waals surface area contributed by atoms with E-state index in [1.807, 2.05) is 0 Å². The topological polar surface area (TPSA) is 25.8 Å². The first-order valence-corrected chi connectivity index (χ1v) is 6.74. The van der Waals surface area contributed by atoms with Crippen LogP contribution in [-0.2, 0) is 5.75 Å². The summed E-state index contributed by atoms with van der Waals surface area (Å²) in [5, 5.41) is 7.66. The highest BCUT2D eigenvalue weighted by Gasteiger charge is 2.02. The first kappa shape index (κ1) is 11.0. The normalized spacial score (nSPS) is 10.5. The van der Waals surface area contributed by atoms with Crippen molar-refractivity contribution < 1.29 is 4.39 Å². The van der Waals surface area contributed by atoms with Gasteiger partial charge in [0.25, 0.3) is 0 Å². The van der Waals surface area contributed by atoms with Crippen molar-refractivity contribution in [1.82, 2.24) is 10.2 Å². The predicted octanol–water partition coefficient (Wildman–Crippen LogP) is 3.73. The van der Waals surface area contributed by atoms with E-state index in [2.05, 4.69) is 26.1 Å². The van der Waals surface area contributed by atoms with Gasteiger partial charge in [-0.25, -0.2) is 4.39 Å². The third-order valence-electron chi connectivity index (χ3n) is 1.69. The summed E-state index contributed by atoms with van der Waals surface area (Å²) in [4.78, 5) is 0. The van der Waals surface area contributed by atoms with Crippen LogP contribution in [0, 0.1) is 5.82 Å². The molecule has 0 fully saturated rings. The summed E-state index contributed by atoms with van der Waals surface area (Å²) in [5.41, 5.74) is 2.76. The van der Waals surface area contributed by atoms with Crippen molar-refractivity contribution in [3.63, 3.8) is 0 Å². The van der Waals surface area contributed by atoms with Gasteiger partial charge in [0, 0.05) is 5.75 Å². The number of thioether (sulfide) groups is 1. The quantitative estimate of drug-likeness (QED) is 0.808. The van der Waals surface area contributed by atoms with E-state index in [1.165, 1.54) is 17.4 Å². The van der Waals surface area contributed by atoms with Crippen LogP contribution in [0.1, 0.15) is 5.56 Å². The van der Waals surface area contributed by atoms with Gasteiger partial charge in [0.05, 0.1) is 4.47 Å². The maximum Gasteiger partial charge on any atom is 0.174 e. The minimum Gasteiger partial charge on any atom is -0.206 e. The van der Waals surface area contributed by atoms with Crippen LogP contribution >= 0.6 is 39.0 Å². The van der Waals surface area contributed by atoms with Crippen molar-refractivity contribution in [2.24, 2.45) is 0 Å². The number of rotatable bonds is 3.